The molecule has 2 aromatic carbocycles. The molecule has 1 heterocycles. The Morgan fingerprint density at radius 2 is 1.64 bits per heavy atom. The van der Waals surface area contributed by atoms with Gasteiger partial charge in [0, 0.05) is 0 Å². The molecule has 1 amide bonds. The molecule has 1 aliphatic carbocycles. The van der Waals surface area contributed by atoms with Gasteiger partial charge in [0.25, 0.3) is 16.8 Å². The van der Waals surface area contributed by atoms with E-state index in [4.69, 9.17) is 0 Å². The number of hydrogen-bond acceptors (Lipinski definition) is 5. The smallest absolute Gasteiger partial charge is 0.254 e. The molecule has 3 N–H and O–H groups in total. The summed E-state index contributed by atoms with van der Waals surface area (Å²) < 4.78 is 0. The SMILES string of the molecule is C=C1C(C)=CC=C1[C@H](Nc1c(Nc2ccc(C)c3c2C(=O)NC3(C)C)c(=O)c1=O)C(C)(C)C. The zero-order valence-electron chi connectivity index (χ0n) is 20.3. The van der Waals surface area contributed by atoms with Crippen molar-refractivity contribution in [3.05, 3.63) is 84.7 Å². The average Bonchev–Trinajstić information content (AvgIpc) is 3.17. The minimum absolute atomic E-state index is 0.187. The summed E-state index contributed by atoms with van der Waals surface area (Å²) in [6.07, 6.45) is 4.02. The second-order valence-electron chi connectivity index (χ2n) is 10.7. The van der Waals surface area contributed by atoms with E-state index in [1.165, 1.54) is 0 Å². The van der Waals surface area contributed by atoms with Crippen molar-refractivity contribution in [2.24, 2.45) is 5.41 Å². The molecule has 6 nitrogen and oxygen atoms in total. The van der Waals surface area contributed by atoms with E-state index in [1.54, 1.807) is 6.07 Å². The summed E-state index contributed by atoms with van der Waals surface area (Å²) in [7, 11) is 0. The standard InChI is InChI=1S/C27H31N3O3/c1-13-9-11-16(15(13)3)24(26(4,5)6)29-21-20(22(31)23(21)32)28-17-12-10-14(2)19-18(17)25(33)30-27(19,7)8/h9-12,24,28-29H,3H2,1-2,4-8H3,(H,30,33)/t24-/m0/s1. The van der Waals surface area contributed by atoms with E-state index in [9.17, 15) is 14.4 Å². The molecule has 1 aliphatic heterocycles. The molecule has 6 heteroatoms. The summed E-state index contributed by atoms with van der Waals surface area (Å²) >= 11 is 0. The molecule has 0 bridgehead atoms. The molecule has 2 aromatic rings. The fourth-order valence-corrected chi connectivity index (χ4v) is 4.86. The largest absolute Gasteiger partial charge is 0.373 e. The topological polar surface area (TPSA) is 87.3 Å². The van der Waals surface area contributed by atoms with Crippen molar-refractivity contribution in [1.82, 2.24) is 5.32 Å². The monoisotopic (exact) mass is 445 g/mol. The predicted molar refractivity (Wildman–Crippen MR) is 134 cm³/mol. The number of allylic oxidation sites excluding steroid dienone is 3. The molecule has 1 atom stereocenters. The molecule has 4 rings (SSSR count). The van der Waals surface area contributed by atoms with Crippen LogP contribution in [0.1, 0.15) is 63.0 Å². The van der Waals surface area contributed by atoms with Gasteiger partial charge in [0.15, 0.2) is 0 Å². The lowest BCUT2D eigenvalue weighted by Crippen LogP contribution is -2.43. The van der Waals surface area contributed by atoms with Crippen molar-refractivity contribution in [3.63, 3.8) is 0 Å². The Bertz CT molecular complexity index is 1340. The van der Waals surface area contributed by atoms with Crippen LogP contribution in [-0.4, -0.2) is 11.9 Å². The Labute approximate surface area is 194 Å². The number of aryl methyl sites for hydroxylation is 1. The first-order valence-electron chi connectivity index (χ1n) is 11.2. The van der Waals surface area contributed by atoms with Gasteiger partial charge in [-0.2, -0.15) is 0 Å². The van der Waals surface area contributed by atoms with Crippen LogP contribution in [0.15, 0.2) is 57.2 Å². The number of fused-ring (bicyclic) bond motifs is 1. The van der Waals surface area contributed by atoms with Gasteiger partial charge < -0.3 is 16.0 Å². The van der Waals surface area contributed by atoms with E-state index in [2.05, 4.69) is 43.3 Å². The van der Waals surface area contributed by atoms with Crippen LogP contribution in [0.5, 0.6) is 0 Å². The van der Waals surface area contributed by atoms with Gasteiger partial charge in [-0.1, -0.05) is 45.6 Å². The Hall–Kier alpha value is -3.41. The maximum absolute atomic E-state index is 12.8. The lowest BCUT2D eigenvalue weighted by Gasteiger charge is -2.35. The van der Waals surface area contributed by atoms with Crippen molar-refractivity contribution in [3.8, 4) is 0 Å². The molecule has 0 saturated carbocycles. The van der Waals surface area contributed by atoms with Crippen LogP contribution in [0.4, 0.5) is 17.1 Å². The highest BCUT2D eigenvalue weighted by molar-refractivity contribution is 6.06. The first kappa shape index (κ1) is 22.8. The Morgan fingerprint density at radius 3 is 2.21 bits per heavy atom. The van der Waals surface area contributed by atoms with E-state index < -0.39 is 16.4 Å². The number of amides is 1. The lowest BCUT2D eigenvalue weighted by atomic mass is 9.79. The highest BCUT2D eigenvalue weighted by Crippen LogP contribution is 2.40. The van der Waals surface area contributed by atoms with E-state index in [0.29, 0.717) is 11.3 Å². The quantitative estimate of drug-likeness (QED) is 0.587. The van der Waals surface area contributed by atoms with Gasteiger partial charge in [0.2, 0.25) is 0 Å². The van der Waals surface area contributed by atoms with Crippen molar-refractivity contribution >= 4 is 23.0 Å². The fourth-order valence-electron chi connectivity index (χ4n) is 4.86. The highest BCUT2D eigenvalue weighted by Gasteiger charge is 2.39. The zero-order chi connectivity index (χ0) is 24.5. The Morgan fingerprint density at radius 1 is 1.00 bits per heavy atom. The molecule has 0 saturated heterocycles. The summed E-state index contributed by atoms with van der Waals surface area (Å²) in [4.78, 5) is 37.9. The van der Waals surface area contributed by atoms with Gasteiger partial charge >= 0.3 is 0 Å². The summed E-state index contributed by atoms with van der Waals surface area (Å²) in [6.45, 7) is 18.3. The first-order chi connectivity index (χ1) is 15.2. The third-order valence-electron chi connectivity index (χ3n) is 6.66. The highest BCUT2D eigenvalue weighted by atomic mass is 16.2. The Kier molecular flexibility index (Phi) is 5.04. The average molecular weight is 446 g/mol. The van der Waals surface area contributed by atoms with Gasteiger partial charge in [-0.25, -0.2) is 0 Å². The third-order valence-corrected chi connectivity index (χ3v) is 6.66. The van der Waals surface area contributed by atoms with Crippen LogP contribution >= 0.6 is 0 Å². The van der Waals surface area contributed by atoms with Crippen LogP contribution in [0.25, 0.3) is 0 Å². The van der Waals surface area contributed by atoms with Crippen molar-refractivity contribution in [2.45, 2.75) is 60.0 Å². The van der Waals surface area contributed by atoms with Crippen molar-refractivity contribution < 1.29 is 4.79 Å². The van der Waals surface area contributed by atoms with Crippen molar-refractivity contribution in [1.29, 1.82) is 0 Å². The summed E-state index contributed by atoms with van der Waals surface area (Å²) in [5.41, 5.74) is 4.42. The van der Waals surface area contributed by atoms with Crippen LogP contribution in [0, 0.1) is 12.3 Å². The molecule has 0 spiro atoms. The molecule has 0 aromatic heterocycles. The number of anilines is 3. The summed E-state index contributed by atoms with van der Waals surface area (Å²) in [5.74, 6) is -0.198. The van der Waals surface area contributed by atoms with Gasteiger partial charge in [-0.15, -0.1) is 0 Å². The summed E-state index contributed by atoms with van der Waals surface area (Å²) in [5, 5.41) is 9.42. The number of nitrogens with one attached hydrogen (secondary N) is 3. The number of benzene rings is 1. The number of carbonyl (C=O) groups is 1. The number of hydrogen-bond donors (Lipinski definition) is 3. The minimum Gasteiger partial charge on any atom is -0.373 e. The molecular weight excluding hydrogens is 414 g/mol. The molecule has 2 aliphatic rings. The van der Waals surface area contributed by atoms with E-state index in [0.717, 1.165) is 27.8 Å². The second kappa shape index (κ2) is 7.30. The maximum atomic E-state index is 12.8. The van der Waals surface area contributed by atoms with E-state index in [1.807, 2.05) is 45.9 Å². The number of rotatable bonds is 5. The van der Waals surface area contributed by atoms with Gasteiger partial charge in [0.05, 0.1) is 22.8 Å². The molecular formula is C27H31N3O3. The van der Waals surface area contributed by atoms with Gasteiger partial charge in [-0.3, -0.25) is 14.4 Å². The van der Waals surface area contributed by atoms with Crippen LogP contribution in [0.2, 0.25) is 0 Å². The van der Waals surface area contributed by atoms with E-state index >= 15 is 0 Å². The second-order valence-corrected chi connectivity index (χ2v) is 10.7. The van der Waals surface area contributed by atoms with E-state index in [-0.39, 0.29) is 28.7 Å². The Balaban J connectivity index is 1.72. The molecule has 0 radical (unpaired) electrons. The van der Waals surface area contributed by atoms with Gasteiger partial charge in [-0.05, 0) is 67.0 Å². The minimum atomic E-state index is -0.592. The molecule has 0 fully saturated rings. The molecule has 172 valence electrons. The fraction of sp³-hybridized carbons (Fsp3) is 0.370. The maximum Gasteiger partial charge on any atom is 0.254 e. The first-order valence-corrected chi connectivity index (χ1v) is 11.2. The predicted octanol–water partition coefficient (Wildman–Crippen LogP) is 4.58. The zero-order valence-corrected chi connectivity index (χ0v) is 20.3. The normalized spacial score (nSPS) is 18.0. The van der Waals surface area contributed by atoms with Crippen LogP contribution in [-0.2, 0) is 5.54 Å². The molecule has 33 heavy (non-hydrogen) atoms. The van der Waals surface area contributed by atoms with Gasteiger partial charge in [0.1, 0.15) is 11.4 Å². The summed E-state index contributed by atoms with van der Waals surface area (Å²) in [6, 6.07) is 3.47. The van der Waals surface area contributed by atoms with Crippen molar-refractivity contribution in [2.75, 3.05) is 10.6 Å². The third kappa shape index (κ3) is 3.54. The number of carbonyl (C=O) groups excluding carboxylic acids is 1. The van der Waals surface area contributed by atoms with Crippen LogP contribution in [0.3, 0.4) is 0 Å². The van der Waals surface area contributed by atoms with Crippen LogP contribution < -0.4 is 26.8 Å². The molecule has 0 unspecified atom stereocenters. The lowest BCUT2D eigenvalue weighted by molar-refractivity contribution is 0.0941.